The Morgan fingerprint density at radius 1 is 0.909 bits per heavy atom. The predicted molar refractivity (Wildman–Crippen MR) is 138 cm³/mol. The molecule has 33 heavy (non-hydrogen) atoms. The summed E-state index contributed by atoms with van der Waals surface area (Å²) in [5.41, 5.74) is 2.36. The number of piperazine rings is 1. The molecule has 1 N–H and O–H groups in total. The highest BCUT2D eigenvalue weighted by molar-refractivity contribution is 6.05. The van der Waals surface area contributed by atoms with Crippen molar-refractivity contribution in [3.05, 3.63) is 59.7 Å². The Bertz CT molecular complexity index is 869. The summed E-state index contributed by atoms with van der Waals surface area (Å²) in [5, 5.41) is 2.92. The number of anilines is 1. The number of ether oxygens (including phenoxy) is 1. The number of rotatable bonds is 9. The molecular weight excluding hydrogens is 461 g/mol. The minimum atomic E-state index is -0.113. The van der Waals surface area contributed by atoms with E-state index < -0.39 is 0 Å². The zero-order valence-corrected chi connectivity index (χ0v) is 21.1. The van der Waals surface area contributed by atoms with Crippen molar-refractivity contribution < 1.29 is 14.3 Å². The van der Waals surface area contributed by atoms with Crippen LogP contribution in [0.2, 0.25) is 0 Å². The highest BCUT2D eigenvalue weighted by Crippen LogP contribution is 2.18. The zero-order chi connectivity index (χ0) is 22.1. The Hall–Kier alpha value is -2.28. The monoisotopic (exact) mass is 495 g/mol. The van der Waals surface area contributed by atoms with E-state index in [1.807, 2.05) is 60.4 Å². The van der Waals surface area contributed by atoms with Crippen LogP contribution in [0.5, 0.6) is 5.75 Å². The van der Waals surface area contributed by atoms with Crippen LogP contribution in [-0.2, 0) is 4.79 Å². The second-order valence-corrected chi connectivity index (χ2v) is 8.14. The van der Waals surface area contributed by atoms with E-state index in [1.54, 1.807) is 0 Å². The summed E-state index contributed by atoms with van der Waals surface area (Å²) in [7, 11) is 2.09. The lowest BCUT2D eigenvalue weighted by Gasteiger charge is -2.32. The molecule has 1 saturated heterocycles. The maximum absolute atomic E-state index is 12.4. The molecule has 1 heterocycles. The first-order valence-corrected chi connectivity index (χ1v) is 11.1. The molecular formula is C25H35Cl2N3O3. The molecule has 6 nitrogen and oxygen atoms in total. The molecule has 0 atom stereocenters. The second-order valence-electron chi connectivity index (χ2n) is 8.14. The molecule has 1 aliphatic heterocycles. The molecule has 182 valence electrons. The molecule has 0 spiro atoms. The average Bonchev–Trinajstić information content (AvgIpc) is 2.77. The van der Waals surface area contributed by atoms with Crippen LogP contribution in [0.3, 0.4) is 0 Å². The lowest BCUT2D eigenvalue weighted by Crippen LogP contribution is -2.47. The largest absolute Gasteiger partial charge is 0.494 e. The maximum atomic E-state index is 12.4. The van der Waals surface area contributed by atoms with Gasteiger partial charge in [0.25, 0.3) is 5.91 Å². The number of carbonyl (C=O) groups excluding carboxylic acids is 2. The van der Waals surface area contributed by atoms with Crippen molar-refractivity contribution in [2.75, 3.05) is 45.2 Å². The van der Waals surface area contributed by atoms with Crippen molar-refractivity contribution in [1.29, 1.82) is 0 Å². The number of aryl methyl sites for hydroxylation is 1. The molecule has 2 amide bonds. The quantitative estimate of drug-likeness (QED) is 0.507. The van der Waals surface area contributed by atoms with Gasteiger partial charge in [-0.25, -0.2) is 0 Å². The summed E-state index contributed by atoms with van der Waals surface area (Å²) in [6.07, 6.45) is 3.42. The minimum Gasteiger partial charge on any atom is -0.494 e. The standard InChI is InChI=1S/C25H33N3O3.2ClH/c1-20-8-5-6-9-23(20)25(30)26-21-11-13-22(14-12-21)31-19-7-3-4-10-24(29)28-17-15-27(2)16-18-28;;/h5-6,8-9,11-14H,3-4,7,10,15-19H2,1-2H3,(H,26,30);2*1H. The summed E-state index contributed by atoms with van der Waals surface area (Å²) in [4.78, 5) is 28.8. The van der Waals surface area contributed by atoms with Gasteiger partial charge in [-0.1, -0.05) is 18.2 Å². The molecule has 0 bridgehead atoms. The van der Waals surface area contributed by atoms with Crippen LogP contribution in [0.1, 0.15) is 41.6 Å². The van der Waals surface area contributed by atoms with Crippen LogP contribution in [0, 0.1) is 6.92 Å². The molecule has 0 saturated carbocycles. The Balaban J connectivity index is 0.00000272. The van der Waals surface area contributed by atoms with Gasteiger partial charge in [-0.3, -0.25) is 9.59 Å². The highest BCUT2D eigenvalue weighted by Gasteiger charge is 2.18. The molecule has 2 aromatic rings. The summed E-state index contributed by atoms with van der Waals surface area (Å²) in [6, 6.07) is 15.0. The number of hydrogen-bond donors (Lipinski definition) is 1. The molecule has 3 rings (SSSR count). The fraction of sp³-hybridized carbons (Fsp3) is 0.440. The van der Waals surface area contributed by atoms with E-state index in [0.717, 1.165) is 62.4 Å². The Kier molecular flexibility index (Phi) is 12.9. The van der Waals surface area contributed by atoms with E-state index >= 15 is 0 Å². The van der Waals surface area contributed by atoms with E-state index in [2.05, 4.69) is 17.3 Å². The number of nitrogens with zero attached hydrogens (tertiary/aromatic N) is 2. The van der Waals surface area contributed by atoms with Crippen molar-refractivity contribution in [3.63, 3.8) is 0 Å². The van der Waals surface area contributed by atoms with Gasteiger partial charge < -0.3 is 19.9 Å². The number of likely N-dealkylation sites (N-methyl/N-ethyl adjacent to an activating group) is 1. The molecule has 0 aliphatic carbocycles. The lowest BCUT2D eigenvalue weighted by molar-refractivity contribution is -0.132. The smallest absolute Gasteiger partial charge is 0.255 e. The number of amides is 2. The van der Waals surface area contributed by atoms with Gasteiger partial charge >= 0.3 is 0 Å². The minimum absolute atomic E-state index is 0. The lowest BCUT2D eigenvalue weighted by atomic mass is 10.1. The first-order valence-electron chi connectivity index (χ1n) is 11.1. The van der Waals surface area contributed by atoms with Crippen molar-refractivity contribution >= 4 is 42.3 Å². The summed E-state index contributed by atoms with van der Waals surface area (Å²) in [6.45, 7) is 6.17. The van der Waals surface area contributed by atoms with Crippen molar-refractivity contribution in [3.8, 4) is 5.75 Å². The number of nitrogens with one attached hydrogen (secondary N) is 1. The maximum Gasteiger partial charge on any atom is 0.255 e. The van der Waals surface area contributed by atoms with Gasteiger partial charge in [0.15, 0.2) is 0 Å². The van der Waals surface area contributed by atoms with Gasteiger partial charge in [0, 0.05) is 43.9 Å². The molecule has 1 fully saturated rings. The number of carbonyl (C=O) groups is 2. The SMILES string of the molecule is Cc1ccccc1C(=O)Nc1ccc(OCCCCCC(=O)N2CCN(C)CC2)cc1.Cl.Cl. The van der Waals surface area contributed by atoms with E-state index in [4.69, 9.17) is 4.74 Å². The van der Waals surface area contributed by atoms with Gasteiger partial charge in [-0.15, -0.1) is 24.8 Å². The van der Waals surface area contributed by atoms with E-state index in [-0.39, 0.29) is 36.6 Å². The topological polar surface area (TPSA) is 61.9 Å². The predicted octanol–water partition coefficient (Wildman–Crippen LogP) is 4.80. The normalized spacial score (nSPS) is 13.5. The third-order valence-corrected chi connectivity index (χ3v) is 5.66. The fourth-order valence-electron chi connectivity index (χ4n) is 3.62. The van der Waals surface area contributed by atoms with Crippen LogP contribution < -0.4 is 10.1 Å². The van der Waals surface area contributed by atoms with Gasteiger partial charge in [0.1, 0.15) is 5.75 Å². The molecule has 0 unspecified atom stereocenters. The van der Waals surface area contributed by atoms with Crippen LogP contribution in [0.25, 0.3) is 0 Å². The van der Waals surface area contributed by atoms with Crippen LogP contribution in [0.15, 0.2) is 48.5 Å². The Labute approximate surface area is 209 Å². The fourth-order valence-corrected chi connectivity index (χ4v) is 3.62. The molecule has 0 radical (unpaired) electrons. The number of unbranched alkanes of at least 4 members (excludes halogenated alkanes) is 2. The first kappa shape index (κ1) is 28.8. The number of hydrogen-bond acceptors (Lipinski definition) is 4. The van der Waals surface area contributed by atoms with Crippen LogP contribution in [-0.4, -0.2) is 61.4 Å². The number of halogens is 2. The zero-order valence-electron chi connectivity index (χ0n) is 19.4. The molecule has 1 aliphatic rings. The van der Waals surface area contributed by atoms with Crippen molar-refractivity contribution in [2.24, 2.45) is 0 Å². The summed E-state index contributed by atoms with van der Waals surface area (Å²) in [5.74, 6) is 0.942. The third kappa shape index (κ3) is 9.24. The van der Waals surface area contributed by atoms with Gasteiger partial charge in [0.05, 0.1) is 6.61 Å². The van der Waals surface area contributed by atoms with Gasteiger partial charge in [0.2, 0.25) is 5.91 Å². The second kappa shape index (κ2) is 14.8. The Morgan fingerprint density at radius 3 is 2.24 bits per heavy atom. The summed E-state index contributed by atoms with van der Waals surface area (Å²) < 4.78 is 5.79. The molecule has 8 heteroatoms. The van der Waals surface area contributed by atoms with Crippen LogP contribution in [0.4, 0.5) is 5.69 Å². The number of benzene rings is 2. The van der Waals surface area contributed by atoms with Crippen molar-refractivity contribution in [2.45, 2.75) is 32.6 Å². The summed E-state index contributed by atoms with van der Waals surface area (Å²) >= 11 is 0. The van der Waals surface area contributed by atoms with Gasteiger partial charge in [-0.05, 0) is 69.1 Å². The molecule has 0 aromatic heterocycles. The van der Waals surface area contributed by atoms with E-state index in [0.29, 0.717) is 18.6 Å². The third-order valence-electron chi connectivity index (χ3n) is 5.66. The molecule has 2 aromatic carbocycles. The van der Waals surface area contributed by atoms with Crippen LogP contribution >= 0.6 is 24.8 Å². The first-order chi connectivity index (χ1) is 15.0. The highest BCUT2D eigenvalue weighted by atomic mass is 35.5. The Morgan fingerprint density at radius 2 is 1.58 bits per heavy atom. The van der Waals surface area contributed by atoms with E-state index in [9.17, 15) is 9.59 Å². The average molecular weight is 496 g/mol. The van der Waals surface area contributed by atoms with Crippen molar-refractivity contribution in [1.82, 2.24) is 9.80 Å². The van der Waals surface area contributed by atoms with Gasteiger partial charge in [-0.2, -0.15) is 0 Å². The van der Waals surface area contributed by atoms with E-state index in [1.165, 1.54) is 0 Å².